The van der Waals surface area contributed by atoms with Crippen LogP contribution in [0.1, 0.15) is 33.6 Å². The number of carbonyl (C=O) groups is 3. The third kappa shape index (κ3) is 4.71. The van der Waals surface area contributed by atoms with Crippen molar-refractivity contribution in [3.05, 3.63) is 0 Å². The summed E-state index contributed by atoms with van der Waals surface area (Å²) in [4.78, 5) is 36.1. The summed E-state index contributed by atoms with van der Waals surface area (Å²) in [5, 5.41) is 0. The lowest BCUT2D eigenvalue weighted by Crippen LogP contribution is -2.44. The van der Waals surface area contributed by atoms with Crippen molar-refractivity contribution in [3.63, 3.8) is 0 Å². The number of hydrogen-bond acceptors (Lipinski definition) is 6. The molecule has 7 heteroatoms. The van der Waals surface area contributed by atoms with E-state index in [-0.39, 0.29) is 0 Å². The van der Waals surface area contributed by atoms with Crippen LogP contribution >= 0.6 is 0 Å². The molecule has 0 N–H and O–H groups in total. The van der Waals surface area contributed by atoms with Gasteiger partial charge < -0.3 is 14.2 Å². The minimum absolute atomic E-state index is 0.437. The maximum Gasteiger partial charge on any atom is 0.411 e. The fourth-order valence-corrected chi connectivity index (χ4v) is 1.84. The molecule has 0 aromatic rings. The summed E-state index contributed by atoms with van der Waals surface area (Å²) >= 11 is 0. The zero-order chi connectivity index (χ0) is 15.3. The van der Waals surface area contributed by atoms with Crippen LogP contribution in [0.3, 0.4) is 0 Å². The second kappa shape index (κ2) is 6.58. The molecule has 0 radical (unpaired) electrons. The molecule has 1 rings (SSSR count). The van der Waals surface area contributed by atoms with Crippen molar-refractivity contribution < 1.29 is 28.6 Å². The van der Waals surface area contributed by atoms with Gasteiger partial charge in [0, 0.05) is 6.54 Å². The van der Waals surface area contributed by atoms with Gasteiger partial charge in [0.25, 0.3) is 0 Å². The van der Waals surface area contributed by atoms with E-state index in [0.717, 1.165) is 0 Å². The molecule has 0 spiro atoms. The van der Waals surface area contributed by atoms with Gasteiger partial charge in [0.1, 0.15) is 11.6 Å². The van der Waals surface area contributed by atoms with Crippen LogP contribution < -0.4 is 0 Å². The van der Waals surface area contributed by atoms with Gasteiger partial charge in [-0.05, 0) is 33.6 Å². The molecule has 1 atom stereocenters. The molecule has 1 fully saturated rings. The average molecular weight is 287 g/mol. The van der Waals surface area contributed by atoms with Crippen LogP contribution in [0.15, 0.2) is 0 Å². The lowest BCUT2D eigenvalue weighted by Gasteiger charge is -2.27. The van der Waals surface area contributed by atoms with Crippen molar-refractivity contribution in [2.45, 2.75) is 45.3 Å². The van der Waals surface area contributed by atoms with Crippen LogP contribution in [-0.2, 0) is 23.8 Å². The highest BCUT2D eigenvalue weighted by Gasteiger charge is 2.37. The standard InChI is InChI=1S/C13H21NO6/c1-13(2,3)20-12(17)14-7-5-6-9(14)11(16)19-8-10(15)18-4/h9H,5-8H2,1-4H3. The first-order chi connectivity index (χ1) is 9.24. The van der Waals surface area contributed by atoms with Gasteiger partial charge in [0.15, 0.2) is 6.61 Å². The molecule has 0 aliphatic carbocycles. The van der Waals surface area contributed by atoms with Crippen LogP contribution in [0.5, 0.6) is 0 Å². The van der Waals surface area contributed by atoms with E-state index in [4.69, 9.17) is 9.47 Å². The van der Waals surface area contributed by atoms with E-state index in [0.29, 0.717) is 19.4 Å². The summed E-state index contributed by atoms with van der Waals surface area (Å²) in [7, 11) is 1.21. The van der Waals surface area contributed by atoms with Gasteiger partial charge in [0.2, 0.25) is 0 Å². The number of methoxy groups -OCH3 is 1. The van der Waals surface area contributed by atoms with Crippen molar-refractivity contribution in [1.82, 2.24) is 4.90 Å². The fraction of sp³-hybridized carbons (Fsp3) is 0.769. The van der Waals surface area contributed by atoms with E-state index >= 15 is 0 Å². The quantitative estimate of drug-likeness (QED) is 0.571. The third-order valence-electron chi connectivity index (χ3n) is 2.71. The first-order valence-electron chi connectivity index (χ1n) is 6.47. The summed E-state index contributed by atoms with van der Waals surface area (Å²) in [5.41, 5.74) is -0.625. The topological polar surface area (TPSA) is 82.1 Å². The Morgan fingerprint density at radius 2 is 1.90 bits per heavy atom. The Morgan fingerprint density at radius 1 is 1.25 bits per heavy atom. The Bertz CT molecular complexity index is 387. The Labute approximate surface area is 118 Å². The lowest BCUT2D eigenvalue weighted by atomic mass is 10.2. The molecule has 1 aliphatic rings. The highest BCUT2D eigenvalue weighted by Crippen LogP contribution is 2.21. The highest BCUT2D eigenvalue weighted by molar-refractivity contribution is 5.84. The minimum Gasteiger partial charge on any atom is -0.466 e. The largest absolute Gasteiger partial charge is 0.466 e. The molecule has 0 bridgehead atoms. The van der Waals surface area contributed by atoms with Crippen LogP contribution in [0.25, 0.3) is 0 Å². The fourth-order valence-electron chi connectivity index (χ4n) is 1.84. The van der Waals surface area contributed by atoms with E-state index in [2.05, 4.69) is 4.74 Å². The van der Waals surface area contributed by atoms with Gasteiger partial charge in [-0.1, -0.05) is 0 Å². The maximum atomic E-state index is 12.0. The van der Waals surface area contributed by atoms with Crippen LogP contribution in [0, 0.1) is 0 Å². The molecular formula is C13H21NO6. The monoisotopic (exact) mass is 287 g/mol. The number of esters is 2. The van der Waals surface area contributed by atoms with E-state index in [1.54, 1.807) is 20.8 Å². The Kier molecular flexibility index (Phi) is 5.35. The van der Waals surface area contributed by atoms with E-state index in [1.807, 2.05) is 0 Å². The van der Waals surface area contributed by atoms with Crippen molar-refractivity contribution in [2.24, 2.45) is 0 Å². The second-order valence-corrected chi connectivity index (χ2v) is 5.52. The van der Waals surface area contributed by atoms with Crippen molar-refractivity contribution in [3.8, 4) is 0 Å². The van der Waals surface area contributed by atoms with Crippen molar-refractivity contribution in [2.75, 3.05) is 20.3 Å². The first kappa shape index (κ1) is 16.3. The summed E-state index contributed by atoms with van der Waals surface area (Å²) in [6, 6.07) is -0.700. The molecule has 0 aromatic heterocycles. The van der Waals surface area contributed by atoms with Crippen LogP contribution in [-0.4, -0.2) is 54.8 Å². The lowest BCUT2D eigenvalue weighted by molar-refractivity contribution is -0.159. The minimum atomic E-state index is -0.700. The molecule has 1 heterocycles. The van der Waals surface area contributed by atoms with Gasteiger partial charge in [-0.3, -0.25) is 4.90 Å². The summed E-state index contributed by atoms with van der Waals surface area (Å²) in [6.07, 6.45) is 0.645. The molecular weight excluding hydrogens is 266 g/mol. The smallest absolute Gasteiger partial charge is 0.411 e. The van der Waals surface area contributed by atoms with Crippen LogP contribution in [0.4, 0.5) is 4.79 Å². The van der Waals surface area contributed by atoms with Gasteiger partial charge in [-0.2, -0.15) is 0 Å². The normalized spacial score (nSPS) is 18.6. The molecule has 1 aliphatic heterocycles. The van der Waals surface area contributed by atoms with Gasteiger partial charge in [-0.15, -0.1) is 0 Å². The Hall–Kier alpha value is -1.79. The second-order valence-electron chi connectivity index (χ2n) is 5.52. The highest BCUT2D eigenvalue weighted by atomic mass is 16.6. The van der Waals surface area contributed by atoms with Crippen molar-refractivity contribution >= 4 is 18.0 Å². The molecule has 1 unspecified atom stereocenters. The molecule has 0 aromatic carbocycles. The number of hydrogen-bond donors (Lipinski definition) is 0. The van der Waals surface area contributed by atoms with Gasteiger partial charge in [0.05, 0.1) is 7.11 Å². The molecule has 7 nitrogen and oxygen atoms in total. The number of amides is 1. The number of rotatable bonds is 3. The number of ether oxygens (including phenoxy) is 3. The number of nitrogens with zero attached hydrogens (tertiary/aromatic N) is 1. The zero-order valence-corrected chi connectivity index (χ0v) is 12.3. The van der Waals surface area contributed by atoms with Gasteiger partial charge in [-0.25, -0.2) is 14.4 Å². The Balaban J connectivity index is 2.58. The van der Waals surface area contributed by atoms with Crippen molar-refractivity contribution in [1.29, 1.82) is 0 Å². The molecule has 114 valence electrons. The maximum absolute atomic E-state index is 12.0. The average Bonchev–Trinajstić information content (AvgIpc) is 2.82. The van der Waals surface area contributed by atoms with Gasteiger partial charge >= 0.3 is 18.0 Å². The zero-order valence-electron chi connectivity index (χ0n) is 12.3. The predicted molar refractivity (Wildman–Crippen MR) is 68.9 cm³/mol. The number of carbonyl (C=O) groups excluding carboxylic acids is 3. The molecule has 1 amide bonds. The summed E-state index contributed by atoms with van der Waals surface area (Å²) in [5.74, 6) is -1.25. The molecule has 0 saturated carbocycles. The summed E-state index contributed by atoms with van der Waals surface area (Å²) in [6.45, 7) is 5.25. The third-order valence-corrected chi connectivity index (χ3v) is 2.71. The first-order valence-corrected chi connectivity index (χ1v) is 6.47. The SMILES string of the molecule is COC(=O)COC(=O)C1CCCN1C(=O)OC(C)(C)C. The molecule has 1 saturated heterocycles. The molecule has 20 heavy (non-hydrogen) atoms. The van der Waals surface area contributed by atoms with E-state index in [9.17, 15) is 14.4 Å². The number of likely N-dealkylation sites (tertiary alicyclic amines) is 1. The Morgan fingerprint density at radius 3 is 2.45 bits per heavy atom. The van der Waals surface area contributed by atoms with Crippen LogP contribution in [0.2, 0.25) is 0 Å². The summed E-state index contributed by atoms with van der Waals surface area (Å²) < 4.78 is 14.4. The van der Waals surface area contributed by atoms with E-state index < -0.39 is 36.3 Å². The predicted octanol–water partition coefficient (Wildman–Crippen LogP) is 1.10. The van der Waals surface area contributed by atoms with E-state index in [1.165, 1.54) is 12.0 Å².